The van der Waals surface area contributed by atoms with E-state index < -0.39 is 5.91 Å². The van der Waals surface area contributed by atoms with Crippen molar-refractivity contribution in [3.8, 4) is 0 Å². The van der Waals surface area contributed by atoms with Crippen LogP contribution in [-0.2, 0) is 11.3 Å². The van der Waals surface area contributed by atoms with Crippen LogP contribution >= 0.6 is 0 Å². The Morgan fingerprint density at radius 3 is 2.94 bits per heavy atom. The molecule has 94 valence electrons. The fourth-order valence-corrected chi connectivity index (χ4v) is 1.66. The molecule has 0 unspecified atom stereocenters. The van der Waals surface area contributed by atoms with Crippen LogP contribution in [0.4, 0.5) is 0 Å². The maximum Gasteiger partial charge on any atom is 0.280 e. The summed E-state index contributed by atoms with van der Waals surface area (Å²) in [5, 5.41) is 2.52. The second-order valence-electron chi connectivity index (χ2n) is 4.05. The number of amides is 2. The van der Waals surface area contributed by atoms with Crippen LogP contribution in [0.15, 0.2) is 29.3 Å². The average Bonchev–Trinajstić information content (AvgIpc) is 2.68. The smallest absolute Gasteiger partial charge is 0.280 e. The standard InChI is InChI=1S/C12H14N4O2/c1-16-7-10(17)14-12(16)15-11(18)9-4-2-3-8(5-9)6-13/h2-5H,6-7,13H2,1H3,(H,14,15,17,18). The van der Waals surface area contributed by atoms with Crippen molar-refractivity contribution < 1.29 is 9.59 Å². The number of nitrogens with two attached hydrogens (primary N) is 1. The molecule has 2 rings (SSSR count). The third-order valence-corrected chi connectivity index (χ3v) is 2.61. The molecule has 1 saturated heterocycles. The summed E-state index contributed by atoms with van der Waals surface area (Å²) in [5.41, 5.74) is 6.83. The van der Waals surface area contributed by atoms with Crippen molar-refractivity contribution in [3.05, 3.63) is 35.4 Å². The molecule has 0 radical (unpaired) electrons. The van der Waals surface area contributed by atoms with Gasteiger partial charge in [0, 0.05) is 19.2 Å². The second-order valence-corrected chi connectivity index (χ2v) is 4.05. The monoisotopic (exact) mass is 246 g/mol. The Labute approximate surface area is 104 Å². The molecule has 0 atom stereocenters. The van der Waals surface area contributed by atoms with E-state index in [1.54, 1.807) is 30.1 Å². The van der Waals surface area contributed by atoms with Crippen LogP contribution in [0, 0.1) is 0 Å². The molecule has 18 heavy (non-hydrogen) atoms. The second kappa shape index (κ2) is 4.97. The molecule has 6 heteroatoms. The summed E-state index contributed by atoms with van der Waals surface area (Å²) in [5.74, 6) is -0.280. The first-order valence-corrected chi connectivity index (χ1v) is 5.53. The Bertz CT molecular complexity index is 525. The van der Waals surface area contributed by atoms with Crippen molar-refractivity contribution in [2.75, 3.05) is 13.6 Å². The number of hydrogen-bond donors (Lipinski definition) is 2. The SMILES string of the molecule is CN1CC(=O)NC1=NC(=O)c1cccc(CN)c1. The molecule has 1 aliphatic heterocycles. The van der Waals surface area contributed by atoms with Crippen LogP contribution in [0.3, 0.4) is 0 Å². The van der Waals surface area contributed by atoms with E-state index in [-0.39, 0.29) is 18.4 Å². The normalized spacial score (nSPS) is 17.1. The third-order valence-electron chi connectivity index (χ3n) is 2.61. The van der Waals surface area contributed by atoms with Gasteiger partial charge in [-0.25, -0.2) is 0 Å². The summed E-state index contributed by atoms with van der Waals surface area (Å²) in [4.78, 5) is 28.5. The van der Waals surface area contributed by atoms with E-state index in [0.717, 1.165) is 5.56 Å². The lowest BCUT2D eigenvalue weighted by molar-refractivity contribution is -0.118. The topological polar surface area (TPSA) is 87.8 Å². The van der Waals surface area contributed by atoms with Crippen molar-refractivity contribution >= 4 is 17.8 Å². The molecule has 1 aliphatic rings. The Kier molecular flexibility index (Phi) is 3.38. The Morgan fingerprint density at radius 2 is 2.33 bits per heavy atom. The lowest BCUT2D eigenvalue weighted by Crippen LogP contribution is -2.28. The molecule has 0 aromatic heterocycles. The van der Waals surface area contributed by atoms with E-state index in [2.05, 4.69) is 10.3 Å². The summed E-state index contributed by atoms with van der Waals surface area (Å²) < 4.78 is 0. The van der Waals surface area contributed by atoms with Gasteiger partial charge in [0.15, 0.2) is 0 Å². The predicted octanol–water partition coefficient (Wildman–Crippen LogP) is -0.297. The molecule has 0 aliphatic carbocycles. The molecule has 1 heterocycles. The summed E-state index contributed by atoms with van der Waals surface area (Å²) in [6.45, 7) is 0.587. The summed E-state index contributed by atoms with van der Waals surface area (Å²) >= 11 is 0. The van der Waals surface area contributed by atoms with Gasteiger partial charge in [0.1, 0.15) is 0 Å². The highest BCUT2D eigenvalue weighted by molar-refractivity contribution is 6.10. The maximum absolute atomic E-state index is 11.9. The Balaban J connectivity index is 2.21. The minimum absolute atomic E-state index is 0.167. The van der Waals surface area contributed by atoms with Gasteiger partial charge >= 0.3 is 0 Å². The first-order chi connectivity index (χ1) is 8.60. The largest absolute Gasteiger partial charge is 0.336 e. The molecule has 1 fully saturated rings. The summed E-state index contributed by atoms with van der Waals surface area (Å²) in [6.07, 6.45) is 0. The first kappa shape index (κ1) is 12.3. The van der Waals surface area contributed by atoms with Crippen LogP contribution in [0.25, 0.3) is 0 Å². The number of guanidine groups is 1. The van der Waals surface area contributed by atoms with Gasteiger partial charge < -0.3 is 10.6 Å². The lowest BCUT2D eigenvalue weighted by atomic mass is 10.1. The molecule has 0 bridgehead atoms. The molecule has 1 aromatic rings. The molecule has 0 saturated carbocycles. The van der Waals surface area contributed by atoms with Crippen molar-refractivity contribution in [2.45, 2.75) is 6.54 Å². The maximum atomic E-state index is 11.9. The number of nitrogens with zero attached hydrogens (tertiary/aromatic N) is 2. The average molecular weight is 246 g/mol. The predicted molar refractivity (Wildman–Crippen MR) is 66.9 cm³/mol. The molecule has 3 N–H and O–H groups in total. The zero-order chi connectivity index (χ0) is 13.1. The number of benzene rings is 1. The van der Waals surface area contributed by atoms with Crippen molar-refractivity contribution in [1.82, 2.24) is 10.2 Å². The fourth-order valence-electron chi connectivity index (χ4n) is 1.66. The van der Waals surface area contributed by atoms with Crippen LogP contribution in [0.2, 0.25) is 0 Å². The number of aliphatic imine (C=N–C) groups is 1. The van der Waals surface area contributed by atoms with E-state index in [1.165, 1.54) is 0 Å². The molecular weight excluding hydrogens is 232 g/mol. The van der Waals surface area contributed by atoms with Gasteiger partial charge in [0.25, 0.3) is 5.91 Å². The lowest BCUT2D eigenvalue weighted by Gasteiger charge is -2.07. The number of carbonyl (C=O) groups is 2. The number of carbonyl (C=O) groups excluding carboxylic acids is 2. The highest BCUT2D eigenvalue weighted by Gasteiger charge is 2.22. The van der Waals surface area contributed by atoms with Crippen molar-refractivity contribution in [3.63, 3.8) is 0 Å². The quantitative estimate of drug-likeness (QED) is 0.750. The third kappa shape index (κ3) is 2.54. The van der Waals surface area contributed by atoms with Gasteiger partial charge in [0.2, 0.25) is 11.9 Å². The summed E-state index contributed by atoms with van der Waals surface area (Å²) in [7, 11) is 1.69. The number of rotatable bonds is 2. The zero-order valence-corrected chi connectivity index (χ0v) is 10.0. The Hall–Kier alpha value is -2.21. The van der Waals surface area contributed by atoms with E-state index in [1.807, 2.05) is 6.07 Å². The van der Waals surface area contributed by atoms with Gasteiger partial charge in [-0.3, -0.25) is 14.9 Å². The molecular formula is C12H14N4O2. The molecule has 1 aromatic carbocycles. The van der Waals surface area contributed by atoms with Crippen LogP contribution in [0.5, 0.6) is 0 Å². The summed E-state index contributed by atoms with van der Waals surface area (Å²) in [6, 6.07) is 6.96. The number of likely N-dealkylation sites (N-methyl/N-ethyl adjacent to an activating group) is 1. The molecule has 0 spiro atoms. The molecule has 6 nitrogen and oxygen atoms in total. The van der Waals surface area contributed by atoms with Crippen molar-refractivity contribution in [1.29, 1.82) is 0 Å². The van der Waals surface area contributed by atoms with Gasteiger partial charge in [-0.1, -0.05) is 12.1 Å². The van der Waals surface area contributed by atoms with Gasteiger partial charge in [-0.15, -0.1) is 0 Å². The zero-order valence-electron chi connectivity index (χ0n) is 10.0. The van der Waals surface area contributed by atoms with Gasteiger partial charge in [0.05, 0.1) is 6.54 Å². The van der Waals surface area contributed by atoms with Gasteiger partial charge in [-0.05, 0) is 17.7 Å². The Morgan fingerprint density at radius 1 is 1.56 bits per heavy atom. The van der Waals surface area contributed by atoms with Crippen LogP contribution in [-0.4, -0.2) is 36.3 Å². The van der Waals surface area contributed by atoms with Crippen molar-refractivity contribution in [2.24, 2.45) is 10.7 Å². The van der Waals surface area contributed by atoms with Crippen LogP contribution in [0.1, 0.15) is 15.9 Å². The fraction of sp³-hybridized carbons (Fsp3) is 0.250. The van der Waals surface area contributed by atoms with E-state index in [0.29, 0.717) is 12.1 Å². The highest BCUT2D eigenvalue weighted by Crippen LogP contribution is 2.07. The van der Waals surface area contributed by atoms with E-state index in [9.17, 15) is 9.59 Å². The number of nitrogens with one attached hydrogen (secondary N) is 1. The van der Waals surface area contributed by atoms with Crippen LogP contribution < -0.4 is 11.1 Å². The molecule has 2 amide bonds. The first-order valence-electron chi connectivity index (χ1n) is 5.53. The van der Waals surface area contributed by atoms with E-state index >= 15 is 0 Å². The van der Waals surface area contributed by atoms with E-state index in [4.69, 9.17) is 5.73 Å². The highest BCUT2D eigenvalue weighted by atomic mass is 16.2. The minimum atomic E-state index is -0.394. The minimum Gasteiger partial charge on any atom is -0.336 e. The number of hydrogen-bond acceptors (Lipinski definition) is 3. The van der Waals surface area contributed by atoms with Gasteiger partial charge in [-0.2, -0.15) is 4.99 Å².